The number of amides is 2. The summed E-state index contributed by atoms with van der Waals surface area (Å²) in [5, 5.41) is 5.85. The molecule has 2 unspecified atom stereocenters. The van der Waals surface area contributed by atoms with Gasteiger partial charge in [0.15, 0.2) is 0 Å². The van der Waals surface area contributed by atoms with Crippen LogP contribution in [0.2, 0.25) is 0 Å². The molecule has 0 radical (unpaired) electrons. The van der Waals surface area contributed by atoms with Crippen molar-refractivity contribution in [3.8, 4) is 0 Å². The first-order valence-electron chi connectivity index (χ1n) is 5.79. The van der Waals surface area contributed by atoms with Crippen LogP contribution >= 0.6 is 0 Å². The summed E-state index contributed by atoms with van der Waals surface area (Å²) in [4.78, 5) is 22.2. The Kier molecular flexibility index (Phi) is 7.54. The maximum atomic E-state index is 11.5. The maximum absolute atomic E-state index is 11.5. The molecule has 0 fully saturated rings. The van der Waals surface area contributed by atoms with Gasteiger partial charge in [-0.1, -0.05) is 13.3 Å². The Balaban J connectivity index is 3.81. The third-order valence-electron chi connectivity index (χ3n) is 2.26. The third kappa shape index (κ3) is 7.23. The highest BCUT2D eigenvalue weighted by atomic mass is 16.2. The maximum Gasteiger partial charge on any atom is 0.236 e. The second kappa shape index (κ2) is 8.10. The van der Waals surface area contributed by atoms with Crippen LogP contribution < -0.4 is 16.4 Å². The lowest BCUT2D eigenvalue weighted by atomic mass is 10.2. The van der Waals surface area contributed by atoms with E-state index in [4.69, 9.17) is 5.73 Å². The first kappa shape index (κ1) is 14.9. The highest BCUT2D eigenvalue weighted by Gasteiger charge is 2.15. The lowest BCUT2D eigenvalue weighted by Crippen LogP contribution is -2.46. The summed E-state index contributed by atoms with van der Waals surface area (Å²) in [6.45, 7) is 6.38. The van der Waals surface area contributed by atoms with Gasteiger partial charge < -0.3 is 16.4 Å². The van der Waals surface area contributed by atoms with E-state index in [-0.39, 0.29) is 30.3 Å². The van der Waals surface area contributed by atoms with E-state index in [9.17, 15) is 9.59 Å². The van der Waals surface area contributed by atoms with E-state index in [0.29, 0.717) is 6.54 Å². The molecule has 0 saturated carbocycles. The summed E-state index contributed by atoms with van der Waals surface area (Å²) >= 11 is 0. The van der Waals surface area contributed by atoms with Crippen molar-refractivity contribution in [3.05, 3.63) is 0 Å². The molecule has 5 nitrogen and oxygen atoms in total. The fraction of sp³-hybridized carbons (Fsp3) is 0.818. The van der Waals surface area contributed by atoms with Gasteiger partial charge in [0.2, 0.25) is 11.8 Å². The van der Waals surface area contributed by atoms with Crippen LogP contribution in [0.4, 0.5) is 0 Å². The van der Waals surface area contributed by atoms with Gasteiger partial charge >= 0.3 is 0 Å². The SMILES string of the molecule is CCCCNC(=O)C(C)NC(C)CC(N)=O. The minimum absolute atomic E-state index is 0.0372. The highest BCUT2D eigenvalue weighted by molar-refractivity contribution is 5.81. The van der Waals surface area contributed by atoms with Crippen molar-refractivity contribution in [2.24, 2.45) is 5.73 Å². The molecule has 0 aromatic carbocycles. The molecular weight excluding hydrogens is 206 g/mol. The van der Waals surface area contributed by atoms with Crippen molar-refractivity contribution in [3.63, 3.8) is 0 Å². The number of rotatable bonds is 8. The van der Waals surface area contributed by atoms with Gasteiger partial charge in [-0.2, -0.15) is 0 Å². The van der Waals surface area contributed by atoms with Crippen LogP contribution in [0, 0.1) is 0 Å². The summed E-state index contributed by atoms with van der Waals surface area (Å²) in [6.07, 6.45) is 2.28. The van der Waals surface area contributed by atoms with Crippen molar-refractivity contribution >= 4 is 11.8 Å². The topological polar surface area (TPSA) is 84.2 Å². The van der Waals surface area contributed by atoms with Gasteiger partial charge in [0.25, 0.3) is 0 Å². The number of primary amides is 1. The normalized spacial score (nSPS) is 14.2. The molecule has 0 aliphatic carbocycles. The van der Waals surface area contributed by atoms with E-state index >= 15 is 0 Å². The highest BCUT2D eigenvalue weighted by Crippen LogP contribution is 1.93. The number of hydrogen-bond donors (Lipinski definition) is 3. The van der Waals surface area contributed by atoms with Gasteiger partial charge in [-0.3, -0.25) is 9.59 Å². The van der Waals surface area contributed by atoms with Gasteiger partial charge in [-0.15, -0.1) is 0 Å². The van der Waals surface area contributed by atoms with Gasteiger partial charge in [0, 0.05) is 19.0 Å². The zero-order chi connectivity index (χ0) is 12.6. The third-order valence-corrected chi connectivity index (χ3v) is 2.26. The van der Waals surface area contributed by atoms with Crippen LogP contribution in [0.3, 0.4) is 0 Å². The predicted molar refractivity (Wildman–Crippen MR) is 63.8 cm³/mol. The Morgan fingerprint density at radius 1 is 1.31 bits per heavy atom. The number of hydrogen-bond acceptors (Lipinski definition) is 3. The van der Waals surface area contributed by atoms with Crippen LogP contribution in [0.25, 0.3) is 0 Å². The minimum Gasteiger partial charge on any atom is -0.370 e. The number of carbonyl (C=O) groups excluding carboxylic acids is 2. The summed E-state index contributed by atoms with van der Waals surface area (Å²) in [7, 11) is 0. The van der Waals surface area contributed by atoms with Crippen LogP contribution in [-0.4, -0.2) is 30.4 Å². The Morgan fingerprint density at radius 2 is 1.94 bits per heavy atom. The fourth-order valence-electron chi connectivity index (χ4n) is 1.40. The van der Waals surface area contributed by atoms with Crippen molar-refractivity contribution in [2.75, 3.05) is 6.54 Å². The average molecular weight is 229 g/mol. The van der Waals surface area contributed by atoms with Gasteiger partial charge in [-0.25, -0.2) is 0 Å². The number of unbranched alkanes of at least 4 members (excludes halogenated alkanes) is 1. The van der Waals surface area contributed by atoms with Crippen LogP contribution in [0.1, 0.15) is 40.0 Å². The van der Waals surface area contributed by atoms with Crippen LogP contribution in [0.15, 0.2) is 0 Å². The smallest absolute Gasteiger partial charge is 0.236 e. The summed E-state index contributed by atoms with van der Waals surface area (Å²) < 4.78 is 0. The molecule has 5 heteroatoms. The molecule has 16 heavy (non-hydrogen) atoms. The Bertz CT molecular complexity index is 231. The number of nitrogens with one attached hydrogen (secondary N) is 2. The zero-order valence-corrected chi connectivity index (χ0v) is 10.4. The van der Waals surface area contributed by atoms with Crippen molar-refractivity contribution in [1.29, 1.82) is 0 Å². The summed E-state index contributed by atoms with van der Waals surface area (Å²) in [6, 6.07) is -0.379. The van der Waals surface area contributed by atoms with Gasteiger partial charge in [-0.05, 0) is 20.3 Å². The molecule has 0 spiro atoms. The molecule has 0 saturated heterocycles. The molecule has 2 amide bonds. The average Bonchev–Trinajstić information content (AvgIpc) is 2.16. The number of nitrogens with two attached hydrogens (primary N) is 1. The first-order chi connectivity index (χ1) is 7.47. The predicted octanol–water partition coefficient (Wildman–Crippen LogP) is 0.145. The van der Waals surface area contributed by atoms with E-state index in [2.05, 4.69) is 17.6 Å². The molecule has 0 bridgehead atoms. The van der Waals surface area contributed by atoms with Gasteiger partial charge in [0.1, 0.15) is 0 Å². The van der Waals surface area contributed by atoms with Gasteiger partial charge in [0.05, 0.1) is 6.04 Å². The molecule has 0 aromatic heterocycles. The zero-order valence-electron chi connectivity index (χ0n) is 10.4. The first-order valence-corrected chi connectivity index (χ1v) is 5.79. The molecule has 0 aromatic rings. The Labute approximate surface area is 97.2 Å². The van der Waals surface area contributed by atoms with Crippen LogP contribution in [-0.2, 0) is 9.59 Å². The molecular formula is C11H23N3O2. The monoisotopic (exact) mass is 229 g/mol. The Morgan fingerprint density at radius 3 is 2.44 bits per heavy atom. The Hall–Kier alpha value is -1.10. The van der Waals surface area contributed by atoms with Crippen LogP contribution in [0.5, 0.6) is 0 Å². The molecule has 2 atom stereocenters. The molecule has 0 aliphatic rings. The molecule has 0 heterocycles. The summed E-state index contributed by atoms with van der Waals surface area (Å²) in [5.41, 5.74) is 5.06. The second-order valence-corrected chi connectivity index (χ2v) is 4.10. The largest absolute Gasteiger partial charge is 0.370 e. The number of carbonyl (C=O) groups is 2. The summed E-state index contributed by atoms with van der Waals surface area (Å²) in [5.74, 6) is -0.400. The van der Waals surface area contributed by atoms with Crippen molar-refractivity contribution in [2.45, 2.75) is 52.1 Å². The molecule has 0 aliphatic heterocycles. The minimum atomic E-state index is -0.362. The van der Waals surface area contributed by atoms with E-state index in [1.165, 1.54) is 0 Å². The van der Waals surface area contributed by atoms with E-state index in [0.717, 1.165) is 12.8 Å². The fourth-order valence-corrected chi connectivity index (χ4v) is 1.40. The molecule has 0 rings (SSSR count). The second-order valence-electron chi connectivity index (χ2n) is 4.10. The van der Waals surface area contributed by atoms with E-state index < -0.39 is 0 Å². The van der Waals surface area contributed by atoms with Crippen molar-refractivity contribution < 1.29 is 9.59 Å². The molecule has 4 N–H and O–H groups in total. The quantitative estimate of drug-likeness (QED) is 0.518. The molecule has 94 valence electrons. The lowest BCUT2D eigenvalue weighted by molar-refractivity contribution is -0.123. The van der Waals surface area contributed by atoms with Crippen molar-refractivity contribution in [1.82, 2.24) is 10.6 Å². The standard InChI is InChI=1S/C11H23N3O2/c1-4-5-6-13-11(16)9(3)14-8(2)7-10(12)15/h8-9,14H,4-7H2,1-3H3,(H2,12,15)(H,13,16). The van der Waals surface area contributed by atoms with E-state index in [1.807, 2.05) is 6.92 Å². The van der Waals surface area contributed by atoms with E-state index in [1.54, 1.807) is 6.92 Å². The lowest BCUT2D eigenvalue weighted by Gasteiger charge is -2.18.